The maximum absolute atomic E-state index is 12.0. The molecule has 1 heterocycles. The van der Waals surface area contributed by atoms with Gasteiger partial charge < -0.3 is 16.0 Å². The van der Waals surface area contributed by atoms with Crippen LogP contribution in [0.5, 0.6) is 0 Å². The van der Waals surface area contributed by atoms with Gasteiger partial charge in [0.2, 0.25) is 5.91 Å². The molecule has 1 aliphatic carbocycles. The number of imidazole rings is 1. The number of carbonyl (C=O) groups excluding carboxylic acids is 1. The minimum absolute atomic E-state index is 0.0982. The highest BCUT2D eigenvalue weighted by Crippen LogP contribution is 2.38. The van der Waals surface area contributed by atoms with Crippen LogP contribution in [0.2, 0.25) is 0 Å². The van der Waals surface area contributed by atoms with Gasteiger partial charge in [-0.3, -0.25) is 4.79 Å². The molecule has 5 heteroatoms. The Morgan fingerprint density at radius 2 is 2.44 bits per heavy atom. The first-order valence-corrected chi connectivity index (χ1v) is 5.61. The topological polar surface area (TPSA) is 83.8 Å². The molecular weight excluding hydrogens is 204 g/mol. The molecule has 88 valence electrons. The number of H-pyrrole nitrogens is 1. The summed E-state index contributed by atoms with van der Waals surface area (Å²) in [5.41, 5.74) is 5.28. The second-order valence-electron chi connectivity index (χ2n) is 4.73. The zero-order valence-corrected chi connectivity index (χ0v) is 9.66. The minimum Gasteiger partial charge on any atom is -0.347 e. The molecule has 0 radical (unpaired) electrons. The zero-order valence-electron chi connectivity index (χ0n) is 9.66. The van der Waals surface area contributed by atoms with Crippen LogP contribution < -0.4 is 11.1 Å². The Kier molecular flexibility index (Phi) is 2.71. The van der Waals surface area contributed by atoms with Crippen LogP contribution in [-0.4, -0.2) is 21.4 Å². The van der Waals surface area contributed by atoms with Gasteiger partial charge in [-0.2, -0.15) is 0 Å². The van der Waals surface area contributed by atoms with Crippen LogP contribution in [0.1, 0.15) is 38.6 Å². The van der Waals surface area contributed by atoms with E-state index in [0.717, 1.165) is 18.7 Å². The molecule has 0 aromatic carbocycles. The van der Waals surface area contributed by atoms with E-state index in [1.165, 1.54) is 0 Å². The smallest absolute Gasteiger partial charge is 0.240 e. The monoisotopic (exact) mass is 222 g/mol. The summed E-state index contributed by atoms with van der Waals surface area (Å²) >= 11 is 0. The van der Waals surface area contributed by atoms with Crippen molar-refractivity contribution >= 4 is 5.91 Å². The van der Waals surface area contributed by atoms with Crippen LogP contribution in [0.3, 0.4) is 0 Å². The molecule has 1 amide bonds. The molecular formula is C11H18N4O. The number of nitrogens with one attached hydrogen (secondary N) is 2. The van der Waals surface area contributed by atoms with Gasteiger partial charge in [-0.25, -0.2) is 4.98 Å². The van der Waals surface area contributed by atoms with E-state index < -0.39 is 5.54 Å². The van der Waals surface area contributed by atoms with Crippen LogP contribution in [0.25, 0.3) is 0 Å². The second-order valence-corrected chi connectivity index (χ2v) is 4.73. The molecule has 1 fully saturated rings. The van der Waals surface area contributed by atoms with Crippen LogP contribution in [-0.2, 0) is 4.79 Å². The Morgan fingerprint density at radius 1 is 1.75 bits per heavy atom. The maximum atomic E-state index is 12.0. The number of aromatic nitrogens is 2. The van der Waals surface area contributed by atoms with Gasteiger partial charge in [0.1, 0.15) is 5.82 Å². The number of hydrogen-bond donors (Lipinski definition) is 3. The van der Waals surface area contributed by atoms with E-state index in [-0.39, 0.29) is 11.9 Å². The van der Waals surface area contributed by atoms with Gasteiger partial charge in [-0.1, -0.05) is 0 Å². The van der Waals surface area contributed by atoms with Crippen molar-refractivity contribution in [3.05, 3.63) is 18.2 Å². The van der Waals surface area contributed by atoms with Crippen molar-refractivity contribution in [1.82, 2.24) is 15.3 Å². The van der Waals surface area contributed by atoms with Crippen LogP contribution in [0, 0.1) is 5.92 Å². The molecule has 0 spiro atoms. The quantitative estimate of drug-likeness (QED) is 0.701. The minimum atomic E-state index is -0.749. The summed E-state index contributed by atoms with van der Waals surface area (Å²) in [6.45, 7) is 3.69. The van der Waals surface area contributed by atoms with Crippen LogP contribution in [0.4, 0.5) is 0 Å². The molecule has 0 saturated heterocycles. The van der Waals surface area contributed by atoms with Gasteiger partial charge in [0.15, 0.2) is 0 Å². The van der Waals surface area contributed by atoms with Gasteiger partial charge in [-0.05, 0) is 32.6 Å². The number of amides is 1. The Morgan fingerprint density at radius 3 is 2.94 bits per heavy atom. The Hall–Kier alpha value is -1.36. The molecule has 1 aromatic heterocycles. The first-order chi connectivity index (χ1) is 7.51. The summed E-state index contributed by atoms with van der Waals surface area (Å²) in [4.78, 5) is 19.0. The molecule has 16 heavy (non-hydrogen) atoms. The van der Waals surface area contributed by atoms with E-state index in [4.69, 9.17) is 5.73 Å². The van der Waals surface area contributed by atoms with E-state index in [0.29, 0.717) is 5.92 Å². The number of hydrogen-bond acceptors (Lipinski definition) is 3. The zero-order chi connectivity index (χ0) is 11.8. The SMILES string of the molecule is CC(NC(=O)C(C)(N)C1CC1)c1ncc[nH]1. The second kappa shape index (κ2) is 3.90. The van der Waals surface area contributed by atoms with Crippen molar-refractivity contribution in [3.8, 4) is 0 Å². The van der Waals surface area contributed by atoms with E-state index in [1.54, 1.807) is 19.3 Å². The average molecular weight is 222 g/mol. The fraction of sp³-hybridized carbons (Fsp3) is 0.636. The van der Waals surface area contributed by atoms with Crippen molar-refractivity contribution in [2.24, 2.45) is 11.7 Å². The first-order valence-electron chi connectivity index (χ1n) is 5.61. The molecule has 0 bridgehead atoms. The Balaban J connectivity index is 1.97. The summed E-state index contributed by atoms with van der Waals surface area (Å²) < 4.78 is 0. The highest BCUT2D eigenvalue weighted by atomic mass is 16.2. The molecule has 1 aliphatic rings. The lowest BCUT2D eigenvalue weighted by Gasteiger charge is -2.25. The normalized spacial score (nSPS) is 21.2. The molecule has 2 rings (SSSR count). The predicted molar refractivity (Wildman–Crippen MR) is 60.5 cm³/mol. The number of nitrogens with two attached hydrogens (primary N) is 1. The number of rotatable bonds is 4. The van der Waals surface area contributed by atoms with Crippen molar-refractivity contribution in [3.63, 3.8) is 0 Å². The maximum Gasteiger partial charge on any atom is 0.240 e. The molecule has 1 saturated carbocycles. The summed E-state index contributed by atoms with van der Waals surface area (Å²) in [6, 6.07) is -0.135. The predicted octanol–water partition coefficient (Wildman–Crippen LogP) is 0.714. The third-order valence-electron chi connectivity index (χ3n) is 3.19. The largest absolute Gasteiger partial charge is 0.347 e. The lowest BCUT2D eigenvalue weighted by Crippen LogP contribution is -2.53. The lowest BCUT2D eigenvalue weighted by molar-refractivity contribution is -0.127. The average Bonchev–Trinajstić information content (AvgIpc) is 2.95. The number of nitrogens with zero attached hydrogens (tertiary/aromatic N) is 1. The summed E-state index contributed by atoms with van der Waals surface area (Å²) in [6.07, 6.45) is 5.51. The highest BCUT2D eigenvalue weighted by Gasteiger charge is 2.44. The van der Waals surface area contributed by atoms with Gasteiger partial charge in [0.25, 0.3) is 0 Å². The summed E-state index contributed by atoms with van der Waals surface area (Å²) in [7, 11) is 0. The van der Waals surface area contributed by atoms with E-state index in [2.05, 4.69) is 15.3 Å². The van der Waals surface area contributed by atoms with Crippen molar-refractivity contribution < 1.29 is 4.79 Å². The highest BCUT2D eigenvalue weighted by molar-refractivity contribution is 5.86. The van der Waals surface area contributed by atoms with E-state index in [1.807, 2.05) is 6.92 Å². The molecule has 5 nitrogen and oxygen atoms in total. The first kappa shape index (κ1) is 11.1. The molecule has 0 aliphatic heterocycles. The standard InChI is InChI=1S/C11H18N4O/c1-7(9-13-5-6-14-9)15-10(16)11(2,12)8-3-4-8/h5-8H,3-4,12H2,1-2H3,(H,13,14)(H,15,16). The molecule has 4 N–H and O–H groups in total. The van der Waals surface area contributed by atoms with Gasteiger partial charge in [0, 0.05) is 12.4 Å². The Labute approximate surface area is 94.8 Å². The third kappa shape index (κ3) is 2.09. The number of aromatic amines is 1. The van der Waals surface area contributed by atoms with E-state index in [9.17, 15) is 4.79 Å². The fourth-order valence-corrected chi connectivity index (χ4v) is 1.80. The van der Waals surface area contributed by atoms with Crippen molar-refractivity contribution in [2.75, 3.05) is 0 Å². The van der Waals surface area contributed by atoms with Gasteiger partial charge >= 0.3 is 0 Å². The van der Waals surface area contributed by atoms with Crippen molar-refractivity contribution in [2.45, 2.75) is 38.3 Å². The van der Waals surface area contributed by atoms with Crippen LogP contribution in [0.15, 0.2) is 12.4 Å². The molecule has 1 aromatic rings. The van der Waals surface area contributed by atoms with Crippen molar-refractivity contribution in [1.29, 1.82) is 0 Å². The van der Waals surface area contributed by atoms with Crippen LogP contribution >= 0.6 is 0 Å². The number of carbonyl (C=O) groups is 1. The molecule has 2 unspecified atom stereocenters. The van der Waals surface area contributed by atoms with Gasteiger partial charge in [0.05, 0.1) is 11.6 Å². The van der Waals surface area contributed by atoms with Gasteiger partial charge in [-0.15, -0.1) is 0 Å². The van der Waals surface area contributed by atoms with E-state index >= 15 is 0 Å². The Bertz CT molecular complexity index is 367. The summed E-state index contributed by atoms with van der Waals surface area (Å²) in [5, 5.41) is 2.89. The fourth-order valence-electron chi connectivity index (χ4n) is 1.80. The lowest BCUT2D eigenvalue weighted by atomic mass is 9.96. The third-order valence-corrected chi connectivity index (χ3v) is 3.19. The summed E-state index contributed by atoms with van der Waals surface area (Å²) in [5.74, 6) is 0.982. The molecule has 2 atom stereocenters.